The molecule has 1 saturated heterocycles. The summed E-state index contributed by atoms with van der Waals surface area (Å²) in [7, 11) is -1.27. The number of carbonyl (C=O) groups is 1. The molecule has 0 radical (unpaired) electrons. The van der Waals surface area contributed by atoms with E-state index in [-0.39, 0.29) is 29.8 Å². The summed E-state index contributed by atoms with van der Waals surface area (Å²) in [6, 6.07) is 6.04. The van der Waals surface area contributed by atoms with E-state index in [0.717, 1.165) is 5.56 Å². The van der Waals surface area contributed by atoms with Crippen LogP contribution in [-0.2, 0) is 21.2 Å². The molecule has 0 unspecified atom stereocenters. The second-order valence-electron chi connectivity index (χ2n) is 5.66. The highest BCUT2D eigenvalue weighted by Gasteiger charge is 2.21. The topological polar surface area (TPSA) is 57.7 Å². The Bertz CT molecular complexity index is 616. The van der Waals surface area contributed by atoms with Crippen LogP contribution in [0.15, 0.2) is 24.3 Å². The largest absolute Gasteiger partial charge is 0.340 e. The lowest BCUT2D eigenvalue weighted by Gasteiger charge is -2.23. The van der Waals surface area contributed by atoms with E-state index in [1.807, 2.05) is 4.90 Å². The van der Waals surface area contributed by atoms with Crippen molar-refractivity contribution in [2.45, 2.75) is 13.0 Å². The van der Waals surface area contributed by atoms with E-state index in [2.05, 4.69) is 0 Å². The van der Waals surface area contributed by atoms with Crippen LogP contribution in [0.3, 0.4) is 0 Å². The van der Waals surface area contributed by atoms with Gasteiger partial charge >= 0.3 is 0 Å². The van der Waals surface area contributed by atoms with Gasteiger partial charge in [0.2, 0.25) is 5.91 Å². The lowest BCUT2D eigenvalue weighted by Crippen LogP contribution is -2.39. The molecule has 1 fully saturated rings. The molecule has 0 aliphatic carbocycles. The summed E-state index contributed by atoms with van der Waals surface area (Å²) in [5.74, 6) is -0.0578. The summed E-state index contributed by atoms with van der Waals surface area (Å²) in [4.78, 5) is 15.7. The number of hydrogen-bond donors (Lipinski definition) is 0. The number of halogens is 1. The van der Waals surface area contributed by atoms with Gasteiger partial charge in [0.15, 0.2) is 9.84 Å². The Labute approximate surface area is 130 Å². The summed E-state index contributed by atoms with van der Waals surface area (Å²) < 4.78 is 36.0. The Balaban J connectivity index is 1.87. The molecule has 0 atom stereocenters. The van der Waals surface area contributed by atoms with Crippen molar-refractivity contribution >= 4 is 15.7 Å². The van der Waals surface area contributed by atoms with E-state index in [4.69, 9.17) is 0 Å². The van der Waals surface area contributed by atoms with Crippen LogP contribution in [-0.4, -0.2) is 62.3 Å². The summed E-state index contributed by atoms with van der Waals surface area (Å²) in [5, 5.41) is 0. The molecule has 5 nitrogen and oxygen atoms in total. The fraction of sp³-hybridized carbons (Fsp3) is 0.533. The van der Waals surface area contributed by atoms with Gasteiger partial charge in [-0.1, -0.05) is 12.1 Å². The van der Waals surface area contributed by atoms with Crippen LogP contribution in [0.5, 0.6) is 0 Å². The Hall–Kier alpha value is -1.47. The number of sulfone groups is 1. The van der Waals surface area contributed by atoms with Crippen LogP contribution < -0.4 is 0 Å². The van der Waals surface area contributed by atoms with E-state index < -0.39 is 9.84 Å². The van der Waals surface area contributed by atoms with Gasteiger partial charge in [0.1, 0.15) is 5.82 Å². The summed E-state index contributed by atoms with van der Waals surface area (Å²) >= 11 is 0. The zero-order chi connectivity index (χ0) is 16.2. The minimum absolute atomic E-state index is 0.0661. The Kier molecular flexibility index (Phi) is 5.52. The van der Waals surface area contributed by atoms with Crippen molar-refractivity contribution in [3.8, 4) is 0 Å². The normalized spacial score (nSPS) is 18.6. The fourth-order valence-corrected chi connectivity index (χ4v) is 3.72. The average Bonchev–Trinajstić information content (AvgIpc) is 2.62. The predicted molar refractivity (Wildman–Crippen MR) is 82.6 cm³/mol. The number of benzene rings is 1. The van der Waals surface area contributed by atoms with E-state index in [0.29, 0.717) is 26.1 Å². The SMILES string of the molecule is CN(Cc1ccc(F)cc1)C(=O)CN1CCCS(=O)(=O)CC1. The van der Waals surface area contributed by atoms with Gasteiger partial charge in [-0.25, -0.2) is 12.8 Å². The number of amides is 1. The second kappa shape index (κ2) is 7.19. The molecule has 1 aromatic carbocycles. The Morgan fingerprint density at radius 1 is 1.23 bits per heavy atom. The predicted octanol–water partition coefficient (Wildman–Crippen LogP) is 0.905. The van der Waals surface area contributed by atoms with Crippen LogP contribution in [0, 0.1) is 5.82 Å². The van der Waals surface area contributed by atoms with Gasteiger partial charge < -0.3 is 4.90 Å². The molecule has 122 valence electrons. The molecular weight excluding hydrogens is 307 g/mol. The van der Waals surface area contributed by atoms with Crippen molar-refractivity contribution in [2.75, 3.05) is 38.2 Å². The van der Waals surface area contributed by atoms with Crippen molar-refractivity contribution < 1.29 is 17.6 Å². The molecule has 0 spiro atoms. The average molecular weight is 328 g/mol. The van der Waals surface area contributed by atoms with Gasteiger partial charge in [-0.15, -0.1) is 0 Å². The van der Waals surface area contributed by atoms with Gasteiger partial charge in [-0.05, 0) is 30.7 Å². The fourth-order valence-electron chi connectivity index (χ4n) is 2.41. The monoisotopic (exact) mass is 328 g/mol. The maximum absolute atomic E-state index is 12.9. The summed E-state index contributed by atoms with van der Waals surface area (Å²) in [6.45, 7) is 1.65. The van der Waals surface area contributed by atoms with Crippen LogP contribution in [0.25, 0.3) is 0 Å². The molecular formula is C15H21FN2O3S. The first-order chi connectivity index (χ1) is 10.4. The standard InChI is InChI=1S/C15H21FN2O3S/c1-17(11-13-3-5-14(16)6-4-13)15(19)12-18-7-2-9-22(20,21)10-8-18/h3-6H,2,7-12H2,1H3. The number of rotatable bonds is 4. The van der Waals surface area contributed by atoms with Crippen molar-refractivity contribution in [3.05, 3.63) is 35.6 Å². The van der Waals surface area contributed by atoms with Gasteiger partial charge in [0.25, 0.3) is 0 Å². The minimum Gasteiger partial charge on any atom is -0.340 e. The molecule has 7 heteroatoms. The molecule has 0 N–H and O–H groups in total. The van der Waals surface area contributed by atoms with E-state index >= 15 is 0 Å². The molecule has 2 rings (SSSR count). The molecule has 1 heterocycles. The second-order valence-corrected chi connectivity index (χ2v) is 7.96. The highest BCUT2D eigenvalue weighted by atomic mass is 32.2. The number of likely N-dealkylation sites (N-methyl/N-ethyl adjacent to an activating group) is 1. The highest BCUT2D eigenvalue weighted by molar-refractivity contribution is 7.91. The highest BCUT2D eigenvalue weighted by Crippen LogP contribution is 2.08. The van der Waals surface area contributed by atoms with Crippen LogP contribution >= 0.6 is 0 Å². The minimum atomic E-state index is -2.96. The Morgan fingerprint density at radius 3 is 2.59 bits per heavy atom. The maximum Gasteiger partial charge on any atom is 0.236 e. The molecule has 22 heavy (non-hydrogen) atoms. The van der Waals surface area contributed by atoms with Gasteiger partial charge in [0, 0.05) is 20.1 Å². The van der Waals surface area contributed by atoms with Gasteiger partial charge in [0.05, 0.1) is 18.1 Å². The third-order valence-electron chi connectivity index (χ3n) is 3.77. The molecule has 1 aliphatic rings. The molecule has 0 aromatic heterocycles. The van der Waals surface area contributed by atoms with Crippen LogP contribution in [0.2, 0.25) is 0 Å². The molecule has 1 aliphatic heterocycles. The summed E-state index contributed by atoms with van der Waals surface area (Å²) in [5.41, 5.74) is 0.857. The first kappa shape index (κ1) is 16.9. The lowest BCUT2D eigenvalue weighted by atomic mass is 10.2. The van der Waals surface area contributed by atoms with E-state index in [9.17, 15) is 17.6 Å². The Morgan fingerprint density at radius 2 is 1.91 bits per heavy atom. The molecule has 1 aromatic rings. The number of nitrogens with zero attached hydrogens (tertiary/aromatic N) is 2. The first-order valence-corrected chi connectivity index (χ1v) is 9.09. The first-order valence-electron chi connectivity index (χ1n) is 7.27. The van der Waals surface area contributed by atoms with Crippen molar-refractivity contribution in [2.24, 2.45) is 0 Å². The smallest absolute Gasteiger partial charge is 0.236 e. The van der Waals surface area contributed by atoms with Gasteiger partial charge in [-0.3, -0.25) is 9.69 Å². The van der Waals surface area contributed by atoms with Crippen molar-refractivity contribution in [1.29, 1.82) is 0 Å². The maximum atomic E-state index is 12.9. The zero-order valence-corrected chi connectivity index (χ0v) is 13.5. The molecule has 1 amide bonds. The number of hydrogen-bond acceptors (Lipinski definition) is 4. The van der Waals surface area contributed by atoms with Crippen molar-refractivity contribution in [3.63, 3.8) is 0 Å². The zero-order valence-electron chi connectivity index (χ0n) is 12.7. The third kappa shape index (κ3) is 5.06. The van der Waals surface area contributed by atoms with Crippen LogP contribution in [0.1, 0.15) is 12.0 Å². The van der Waals surface area contributed by atoms with E-state index in [1.54, 1.807) is 24.1 Å². The molecule has 0 saturated carbocycles. The third-order valence-corrected chi connectivity index (χ3v) is 5.48. The summed E-state index contributed by atoms with van der Waals surface area (Å²) in [6.07, 6.45) is 0.567. The molecule has 0 bridgehead atoms. The van der Waals surface area contributed by atoms with Crippen LogP contribution in [0.4, 0.5) is 4.39 Å². The lowest BCUT2D eigenvalue weighted by molar-refractivity contribution is -0.131. The number of carbonyl (C=O) groups excluding carboxylic acids is 1. The quantitative estimate of drug-likeness (QED) is 0.824. The van der Waals surface area contributed by atoms with E-state index in [1.165, 1.54) is 12.1 Å². The van der Waals surface area contributed by atoms with Crippen molar-refractivity contribution in [1.82, 2.24) is 9.80 Å². The van der Waals surface area contributed by atoms with Gasteiger partial charge in [-0.2, -0.15) is 0 Å².